The molecule has 0 aromatic heterocycles. The van der Waals surface area contributed by atoms with Gasteiger partial charge in [-0.3, -0.25) is 9.59 Å². The number of nitrogens with two attached hydrogens (primary N) is 1. The Morgan fingerprint density at radius 2 is 2.27 bits per heavy atom. The second-order valence-electron chi connectivity index (χ2n) is 3.01. The van der Waals surface area contributed by atoms with Crippen LogP contribution in [0.2, 0.25) is 0 Å². The Bertz CT molecular complexity index is 260. The van der Waals surface area contributed by atoms with Gasteiger partial charge < -0.3 is 15.8 Å². The Balaban J connectivity index is 3.99. The van der Waals surface area contributed by atoms with Crippen molar-refractivity contribution in [2.75, 3.05) is 13.7 Å². The zero-order valence-corrected chi connectivity index (χ0v) is 8.66. The van der Waals surface area contributed by atoms with Crippen molar-refractivity contribution >= 4 is 11.8 Å². The third-order valence-electron chi connectivity index (χ3n) is 1.74. The number of unbranched alkanes of at least 4 members (excludes halogenated alkanes) is 1. The van der Waals surface area contributed by atoms with Gasteiger partial charge in [-0.05, 0) is 12.8 Å². The van der Waals surface area contributed by atoms with Gasteiger partial charge in [0, 0.05) is 13.5 Å². The predicted octanol–water partition coefficient (Wildman–Crippen LogP) is -0.703. The minimum atomic E-state index is -0.721. The van der Waals surface area contributed by atoms with Gasteiger partial charge in [-0.25, -0.2) is 0 Å². The third kappa shape index (κ3) is 6.46. The zero-order chi connectivity index (χ0) is 11.7. The third-order valence-corrected chi connectivity index (χ3v) is 1.74. The van der Waals surface area contributed by atoms with Crippen molar-refractivity contribution in [1.82, 2.24) is 5.32 Å². The lowest BCUT2D eigenvalue weighted by atomic mass is 10.1. The minimum Gasteiger partial charge on any atom is -0.375 e. The number of carbonyl (C=O) groups is 2. The average Bonchev–Trinajstić information content (AvgIpc) is 2.16. The van der Waals surface area contributed by atoms with Crippen molar-refractivity contribution in [2.24, 2.45) is 5.73 Å². The summed E-state index contributed by atoms with van der Waals surface area (Å²) in [6.45, 7) is -0.109. The smallest absolute Gasteiger partial charge is 0.246 e. The molecule has 2 amide bonds. The van der Waals surface area contributed by atoms with E-state index < -0.39 is 17.9 Å². The average molecular weight is 213 g/mol. The van der Waals surface area contributed by atoms with Crippen molar-refractivity contribution in [3.8, 4) is 6.07 Å². The van der Waals surface area contributed by atoms with Gasteiger partial charge in [0.05, 0.1) is 6.07 Å². The molecule has 0 aliphatic carbocycles. The van der Waals surface area contributed by atoms with Crippen LogP contribution < -0.4 is 11.1 Å². The Kier molecular flexibility index (Phi) is 6.93. The number of rotatable bonds is 7. The molecule has 0 bridgehead atoms. The van der Waals surface area contributed by atoms with E-state index in [1.807, 2.05) is 6.07 Å². The molecule has 6 nitrogen and oxygen atoms in total. The maximum atomic E-state index is 11.1. The summed E-state index contributed by atoms with van der Waals surface area (Å²) >= 11 is 0. The van der Waals surface area contributed by atoms with Crippen LogP contribution in [0.5, 0.6) is 0 Å². The molecule has 0 aromatic carbocycles. The Hall–Kier alpha value is -1.61. The fourth-order valence-electron chi connectivity index (χ4n) is 1.04. The number of carbonyl (C=O) groups excluding carboxylic acids is 2. The fraction of sp³-hybridized carbons (Fsp3) is 0.667. The molecule has 84 valence electrons. The summed E-state index contributed by atoms with van der Waals surface area (Å²) in [6.07, 6.45) is 1.24. The fourth-order valence-corrected chi connectivity index (χ4v) is 1.04. The van der Waals surface area contributed by atoms with E-state index in [1.54, 1.807) is 0 Å². The highest BCUT2D eigenvalue weighted by Gasteiger charge is 2.16. The molecular formula is C9H15N3O3. The van der Waals surface area contributed by atoms with E-state index in [9.17, 15) is 9.59 Å². The van der Waals surface area contributed by atoms with Gasteiger partial charge >= 0.3 is 0 Å². The molecule has 0 saturated heterocycles. The van der Waals surface area contributed by atoms with Gasteiger partial charge in [0.15, 0.2) is 0 Å². The summed E-state index contributed by atoms with van der Waals surface area (Å²) in [5, 5.41) is 10.7. The first-order chi connectivity index (χ1) is 7.11. The highest BCUT2D eigenvalue weighted by atomic mass is 16.5. The summed E-state index contributed by atoms with van der Waals surface area (Å²) < 4.78 is 4.59. The predicted molar refractivity (Wildman–Crippen MR) is 52.5 cm³/mol. The van der Waals surface area contributed by atoms with E-state index in [0.717, 1.165) is 0 Å². The number of nitriles is 1. The monoisotopic (exact) mass is 213 g/mol. The molecule has 3 N–H and O–H groups in total. The van der Waals surface area contributed by atoms with Crippen molar-refractivity contribution < 1.29 is 14.3 Å². The van der Waals surface area contributed by atoms with E-state index in [-0.39, 0.29) is 6.61 Å². The van der Waals surface area contributed by atoms with E-state index in [1.165, 1.54) is 7.11 Å². The Morgan fingerprint density at radius 3 is 2.73 bits per heavy atom. The number of amides is 2. The van der Waals surface area contributed by atoms with Gasteiger partial charge in [0.2, 0.25) is 11.8 Å². The number of nitrogens with one attached hydrogen (secondary N) is 1. The summed E-state index contributed by atoms with van der Waals surface area (Å²) in [4.78, 5) is 22.0. The van der Waals surface area contributed by atoms with Crippen LogP contribution >= 0.6 is 0 Å². The first-order valence-electron chi connectivity index (χ1n) is 4.56. The molecule has 15 heavy (non-hydrogen) atoms. The first-order valence-corrected chi connectivity index (χ1v) is 4.56. The van der Waals surface area contributed by atoms with Gasteiger partial charge in [-0.15, -0.1) is 0 Å². The largest absolute Gasteiger partial charge is 0.375 e. The van der Waals surface area contributed by atoms with Crippen LogP contribution in [0.4, 0.5) is 0 Å². The van der Waals surface area contributed by atoms with E-state index in [0.29, 0.717) is 19.3 Å². The van der Waals surface area contributed by atoms with E-state index in [4.69, 9.17) is 11.0 Å². The van der Waals surface area contributed by atoms with Crippen molar-refractivity contribution in [3.05, 3.63) is 0 Å². The number of hydrogen-bond acceptors (Lipinski definition) is 4. The number of hydrogen-bond donors (Lipinski definition) is 2. The van der Waals surface area contributed by atoms with Gasteiger partial charge in [-0.2, -0.15) is 5.26 Å². The van der Waals surface area contributed by atoms with Gasteiger partial charge in [-0.1, -0.05) is 0 Å². The molecule has 0 heterocycles. The lowest BCUT2D eigenvalue weighted by molar-refractivity contribution is -0.129. The van der Waals surface area contributed by atoms with Crippen LogP contribution in [0, 0.1) is 11.3 Å². The molecule has 0 unspecified atom stereocenters. The molecule has 0 aliphatic rings. The van der Waals surface area contributed by atoms with E-state index >= 15 is 0 Å². The van der Waals surface area contributed by atoms with Crippen molar-refractivity contribution in [3.63, 3.8) is 0 Å². The topological polar surface area (TPSA) is 105 Å². The first kappa shape index (κ1) is 13.4. The van der Waals surface area contributed by atoms with Gasteiger partial charge in [0.1, 0.15) is 12.6 Å². The molecule has 0 spiro atoms. The number of methoxy groups -OCH3 is 1. The molecule has 0 fully saturated rings. The minimum absolute atomic E-state index is 0.109. The molecule has 1 atom stereocenters. The standard InChI is InChI=1S/C9H15N3O3/c1-15-6-8(13)12-7(9(11)14)4-2-3-5-10/h7H,2-4,6H2,1H3,(H2,11,14)(H,12,13)/t7-/m1/s1. The SMILES string of the molecule is COCC(=O)N[C@H](CCCC#N)C(N)=O. The van der Waals surface area contributed by atoms with Crippen LogP contribution in [0.3, 0.4) is 0 Å². The van der Waals surface area contributed by atoms with Crippen molar-refractivity contribution in [1.29, 1.82) is 5.26 Å². The molecule has 6 heteroatoms. The summed E-state index contributed by atoms with van der Waals surface area (Å²) in [7, 11) is 1.38. The number of primary amides is 1. The Labute approximate surface area is 88.4 Å². The van der Waals surface area contributed by atoms with Crippen LogP contribution in [-0.4, -0.2) is 31.6 Å². The molecule has 0 rings (SSSR count). The van der Waals surface area contributed by atoms with Gasteiger partial charge in [0.25, 0.3) is 0 Å². The quantitative estimate of drug-likeness (QED) is 0.545. The second kappa shape index (κ2) is 7.76. The maximum Gasteiger partial charge on any atom is 0.246 e. The molecule has 0 aromatic rings. The molecular weight excluding hydrogens is 198 g/mol. The summed E-state index contributed by atoms with van der Waals surface area (Å²) in [5.74, 6) is -0.990. The molecule has 0 radical (unpaired) electrons. The summed E-state index contributed by atoms with van der Waals surface area (Å²) in [5.41, 5.74) is 5.09. The van der Waals surface area contributed by atoms with Crippen LogP contribution in [0.25, 0.3) is 0 Å². The van der Waals surface area contributed by atoms with Crippen LogP contribution in [-0.2, 0) is 14.3 Å². The zero-order valence-electron chi connectivity index (χ0n) is 8.66. The van der Waals surface area contributed by atoms with Crippen molar-refractivity contribution in [2.45, 2.75) is 25.3 Å². The highest BCUT2D eigenvalue weighted by molar-refractivity contribution is 5.86. The highest BCUT2D eigenvalue weighted by Crippen LogP contribution is 1.99. The lowest BCUT2D eigenvalue weighted by Crippen LogP contribution is -2.45. The maximum absolute atomic E-state index is 11.1. The van der Waals surface area contributed by atoms with Crippen LogP contribution in [0.15, 0.2) is 0 Å². The lowest BCUT2D eigenvalue weighted by Gasteiger charge is -2.14. The molecule has 0 aliphatic heterocycles. The normalized spacial score (nSPS) is 11.5. The number of nitrogens with zero attached hydrogens (tertiary/aromatic N) is 1. The van der Waals surface area contributed by atoms with E-state index in [2.05, 4.69) is 10.1 Å². The number of ether oxygens (including phenoxy) is 1. The summed E-state index contributed by atoms with van der Waals surface area (Å²) in [6, 6.07) is 1.23. The molecule has 0 saturated carbocycles. The van der Waals surface area contributed by atoms with Crippen LogP contribution in [0.1, 0.15) is 19.3 Å². The Morgan fingerprint density at radius 1 is 1.60 bits per heavy atom. The second-order valence-corrected chi connectivity index (χ2v) is 3.01.